The van der Waals surface area contributed by atoms with Crippen molar-refractivity contribution in [2.24, 2.45) is 16.6 Å². The van der Waals surface area contributed by atoms with Crippen molar-refractivity contribution in [2.45, 2.75) is 37.8 Å². The number of nitrogen functional groups attached to an aromatic ring is 1. The topological polar surface area (TPSA) is 162 Å². The average Bonchev–Trinajstić information content (AvgIpc) is 3.80. The van der Waals surface area contributed by atoms with Crippen molar-refractivity contribution in [2.75, 3.05) is 26.0 Å². The van der Waals surface area contributed by atoms with E-state index in [0.29, 0.717) is 24.5 Å². The number of halogens is 6. The number of nitrogens with two attached hydrogens (primary N) is 2. The SMILES string of the molecule is COc1cc(C(=O)NCC(O)(c2nc(-c3cc(Cl)c(F)cc3F)c3c(c2Cl)C(C)CO3)C2CC2)cc(/C=N/C(F)F)c1N.NC=O. The number of nitrogens with zero attached hydrogens (tertiary/aromatic N) is 2. The Morgan fingerprint density at radius 1 is 1.26 bits per heavy atom. The van der Waals surface area contributed by atoms with Crippen molar-refractivity contribution in [1.29, 1.82) is 0 Å². The lowest BCUT2D eigenvalue weighted by atomic mass is 9.89. The van der Waals surface area contributed by atoms with Gasteiger partial charge in [0.2, 0.25) is 6.41 Å². The van der Waals surface area contributed by atoms with Gasteiger partial charge in [0.25, 0.3) is 5.91 Å². The third-order valence-corrected chi connectivity index (χ3v) is 8.20. The Balaban J connectivity index is 0.00000154. The molecule has 0 bridgehead atoms. The highest BCUT2D eigenvalue weighted by Gasteiger charge is 2.49. The number of aliphatic imine (C=N–C) groups is 1. The number of anilines is 1. The number of aliphatic hydroxyl groups is 1. The molecule has 0 radical (unpaired) electrons. The summed E-state index contributed by atoms with van der Waals surface area (Å²) in [4.78, 5) is 29.4. The van der Waals surface area contributed by atoms with Crippen LogP contribution in [-0.4, -0.2) is 55.4 Å². The number of rotatable bonds is 9. The van der Waals surface area contributed by atoms with Gasteiger partial charge in [-0.1, -0.05) is 30.1 Å². The Morgan fingerprint density at radius 2 is 1.93 bits per heavy atom. The molecule has 10 nitrogen and oxygen atoms in total. The number of hydrogen-bond donors (Lipinski definition) is 4. The highest BCUT2D eigenvalue weighted by atomic mass is 35.5. The molecule has 16 heteroatoms. The Morgan fingerprint density at radius 3 is 2.54 bits per heavy atom. The van der Waals surface area contributed by atoms with Crippen LogP contribution < -0.4 is 26.3 Å². The van der Waals surface area contributed by atoms with E-state index in [0.717, 1.165) is 12.3 Å². The molecule has 1 aliphatic heterocycles. The Hall–Kier alpha value is -4.14. The highest BCUT2D eigenvalue weighted by Crippen LogP contribution is 2.52. The number of nitrogens with one attached hydrogen (secondary N) is 1. The van der Waals surface area contributed by atoms with E-state index in [1.54, 1.807) is 0 Å². The summed E-state index contributed by atoms with van der Waals surface area (Å²) in [6, 6.07) is 4.29. The molecule has 2 unspecified atom stereocenters. The van der Waals surface area contributed by atoms with E-state index in [1.807, 2.05) is 6.92 Å². The van der Waals surface area contributed by atoms with Crippen LogP contribution in [0.3, 0.4) is 0 Å². The van der Waals surface area contributed by atoms with E-state index in [9.17, 15) is 23.1 Å². The predicted molar refractivity (Wildman–Crippen MR) is 164 cm³/mol. The van der Waals surface area contributed by atoms with Gasteiger partial charge in [0, 0.05) is 40.5 Å². The van der Waals surface area contributed by atoms with Crippen molar-refractivity contribution in [3.63, 3.8) is 0 Å². The van der Waals surface area contributed by atoms with Crippen molar-refractivity contribution >= 4 is 47.4 Å². The number of fused-ring (bicyclic) bond motifs is 1. The molecule has 246 valence electrons. The Kier molecular flexibility index (Phi) is 10.6. The summed E-state index contributed by atoms with van der Waals surface area (Å²) in [5.74, 6) is -2.95. The third-order valence-electron chi connectivity index (χ3n) is 7.53. The largest absolute Gasteiger partial charge is 0.495 e. The molecule has 2 heterocycles. The van der Waals surface area contributed by atoms with Gasteiger partial charge in [-0.25, -0.2) is 18.8 Å². The van der Waals surface area contributed by atoms with Gasteiger partial charge in [-0.15, -0.1) is 0 Å². The monoisotopic (exact) mass is 685 g/mol. The molecular formula is C30H29Cl2F4N5O5. The summed E-state index contributed by atoms with van der Waals surface area (Å²) >= 11 is 12.8. The van der Waals surface area contributed by atoms with E-state index in [4.69, 9.17) is 43.2 Å². The second kappa shape index (κ2) is 14.1. The molecule has 2 atom stereocenters. The molecule has 3 aromatic rings. The molecule has 0 spiro atoms. The summed E-state index contributed by atoms with van der Waals surface area (Å²) < 4.78 is 65.3. The predicted octanol–water partition coefficient (Wildman–Crippen LogP) is 5.19. The number of hydrogen-bond acceptors (Lipinski definition) is 8. The number of amides is 2. The molecule has 6 N–H and O–H groups in total. The first kappa shape index (κ1) is 34.7. The van der Waals surface area contributed by atoms with Crippen LogP contribution in [0.4, 0.5) is 23.2 Å². The van der Waals surface area contributed by atoms with Crippen LogP contribution in [0.5, 0.6) is 11.5 Å². The quantitative estimate of drug-likeness (QED) is 0.0602. The maximum Gasteiger partial charge on any atom is 0.331 e. The zero-order valence-electron chi connectivity index (χ0n) is 24.4. The van der Waals surface area contributed by atoms with Crippen LogP contribution in [0, 0.1) is 17.6 Å². The van der Waals surface area contributed by atoms with Gasteiger partial charge in [0.1, 0.15) is 28.7 Å². The van der Waals surface area contributed by atoms with Crippen molar-refractivity contribution in [1.82, 2.24) is 10.3 Å². The first-order valence-electron chi connectivity index (χ1n) is 13.7. The van der Waals surface area contributed by atoms with Crippen molar-refractivity contribution in [3.8, 4) is 22.8 Å². The normalized spacial score (nSPS) is 16.7. The van der Waals surface area contributed by atoms with Crippen molar-refractivity contribution in [3.05, 3.63) is 68.3 Å². The molecule has 0 saturated heterocycles. The maximum atomic E-state index is 15.0. The number of primary amides is 1. The van der Waals surface area contributed by atoms with E-state index in [1.165, 1.54) is 19.2 Å². The minimum absolute atomic E-state index is 0.00124. The van der Waals surface area contributed by atoms with Crippen molar-refractivity contribution < 1.29 is 41.7 Å². The summed E-state index contributed by atoms with van der Waals surface area (Å²) in [6.45, 7) is -1.31. The highest BCUT2D eigenvalue weighted by molar-refractivity contribution is 6.32. The van der Waals surface area contributed by atoms with Gasteiger partial charge < -0.3 is 31.4 Å². The van der Waals surface area contributed by atoms with Gasteiger partial charge in [-0.05, 0) is 37.0 Å². The number of benzene rings is 2. The summed E-state index contributed by atoms with van der Waals surface area (Å²) in [7, 11) is 1.30. The Bertz CT molecular complexity index is 1690. The summed E-state index contributed by atoms with van der Waals surface area (Å²) in [5, 5.41) is 14.5. The van der Waals surface area contributed by atoms with E-state index < -0.39 is 29.7 Å². The standard InChI is InChI=1S/C29H26Cl2F4N4O4.CH3NO/c1-12-10-43-25-21(12)22(31)26(39-24(25)16-7-17(30)19(33)8-18(16)32)29(41,15-3-4-15)11-38-27(40)13-5-14(9-37-28(34)35)23(36)20(6-13)42-2;2-1-3/h5-9,12,15,28,41H,3-4,10-11,36H2,1-2H3,(H,38,40);1H,(H2,2,3)/b37-9+;. The van der Waals surface area contributed by atoms with Crippen LogP contribution in [0.25, 0.3) is 11.3 Å². The number of carbonyl (C=O) groups is 2. The lowest BCUT2D eigenvalue weighted by Crippen LogP contribution is -2.43. The second-order valence-corrected chi connectivity index (χ2v) is 11.4. The number of ether oxygens (including phenoxy) is 2. The fourth-order valence-electron chi connectivity index (χ4n) is 5.11. The zero-order valence-corrected chi connectivity index (χ0v) is 25.9. The lowest BCUT2D eigenvalue weighted by Gasteiger charge is -2.30. The van der Waals surface area contributed by atoms with Gasteiger partial charge in [0.05, 0.1) is 41.7 Å². The van der Waals surface area contributed by atoms with Gasteiger partial charge in [0.15, 0.2) is 5.75 Å². The van der Waals surface area contributed by atoms with Crippen LogP contribution in [0.1, 0.15) is 52.9 Å². The zero-order chi connectivity index (χ0) is 33.9. The number of aromatic nitrogens is 1. The molecule has 2 aliphatic rings. The number of alkyl halides is 2. The Labute approximate surface area is 270 Å². The number of carbonyl (C=O) groups excluding carboxylic acids is 2. The van der Waals surface area contributed by atoms with Gasteiger partial charge >= 0.3 is 6.55 Å². The van der Waals surface area contributed by atoms with Gasteiger partial charge in [-0.2, -0.15) is 8.78 Å². The van der Waals surface area contributed by atoms with Crippen LogP contribution >= 0.6 is 23.2 Å². The lowest BCUT2D eigenvalue weighted by molar-refractivity contribution is -0.106. The summed E-state index contributed by atoms with van der Waals surface area (Å²) in [6.07, 6.45) is 2.26. The molecule has 1 saturated carbocycles. The van der Waals surface area contributed by atoms with Crippen LogP contribution in [-0.2, 0) is 10.4 Å². The minimum atomic E-state index is -2.99. The average molecular weight is 686 g/mol. The van der Waals surface area contributed by atoms with Crippen LogP contribution in [0.2, 0.25) is 10.0 Å². The molecule has 2 amide bonds. The van der Waals surface area contributed by atoms with E-state index in [2.05, 4.69) is 21.0 Å². The fourth-order valence-corrected chi connectivity index (χ4v) is 5.75. The van der Waals surface area contributed by atoms with E-state index >= 15 is 4.39 Å². The molecule has 2 aromatic carbocycles. The first-order chi connectivity index (χ1) is 21.8. The van der Waals surface area contributed by atoms with Gasteiger partial charge in [-0.3, -0.25) is 9.59 Å². The minimum Gasteiger partial charge on any atom is -0.495 e. The first-order valence-corrected chi connectivity index (χ1v) is 14.5. The molecule has 5 rings (SSSR count). The van der Waals surface area contributed by atoms with E-state index in [-0.39, 0.29) is 86.7 Å². The molecule has 1 aromatic heterocycles. The number of pyridine rings is 1. The number of methoxy groups -OCH3 is 1. The smallest absolute Gasteiger partial charge is 0.331 e. The fraction of sp³-hybridized carbons (Fsp3) is 0.333. The molecular weight excluding hydrogens is 657 g/mol. The molecule has 46 heavy (non-hydrogen) atoms. The third kappa shape index (κ3) is 6.98. The maximum absolute atomic E-state index is 15.0. The molecule has 1 aliphatic carbocycles. The molecule has 1 fully saturated rings. The van der Waals surface area contributed by atoms with Crippen LogP contribution in [0.15, 0.2) is 29.3 Å². The summed E-state index contributed by atoms with van der Waals surface area (Å²) in [5.41, 5.74) is 8.65. The second-order valence-electron chi connectivity index (χ2n) is 10.6.